The lowest BCUT2D eigenvalue weighted by Crippen LogP contribution is -2.68. The van der Waals surface area contributed by atoms with E-state index in [9.17, 15) is 0 Å². The van der Waals surface area contributed by atoms with E-state index in [1.54, 1.807) is 7.11 Å². The second-order valence-corrected chi connectivity index (χ2v) is 7.13. The average Bonchev–Trinajstić information content (AvgIpc) is 2.40. The third kappa shape index (κ3) is 3.93. The standard InChI is InChI=1S/C16H32N2O/c1-15(2)13-17-16(9-5-4-6-10-16)14-18(15)11-7-8-12-19-3/h17H,4-14H2,1-3H3. The van der Waals surface area contributed by atoms with Crippen LogP contribution < -0.4 is 5.32 Å². The molecule has 2 aliphatic rings. The van der Waals surface area contributed by atoms with Gasteiger partial charge in [0.25, 0.3) is 0 Å². The fourth-order valence-electron chi connectivity index (χ4n) is 3.65. The number of rotatable bonds is 5. The van der Waals surface area contributed by atoms with Crippen molar-refractivity contribution in [3.8, 4) is 0 Å². The summed E-state index contributed by atoms with van der Waals surface area (Å²) in [7, 11) is 1.80. The predicted molar refractivity (Wildman–Crippen MR) is 80.6 cm³/mol. The van der Waals surface area contributed by atoms with E-state index in [2.05, 4.69) is 24.1 Å². The average molecular weight is 268 g/mol. The predicted octanol–water partition coefficient (Wildman–Crippen LogP) is 2.80. The molecule has 3 nitrogen and oxygen atoms in total. The Hall–Kier alpha value is -0.120. The summed E-state index contributed by atoms with van der Waals surface area (Å²) in [5.74, 6) is 0. The molecule has 112 valence electrons. The molecule has 1 aliphatic carbocycles. The Morgan fingerprint density at radius 3 is 2.53 bits per heavy atom. The first-order valence-electron chi connectivity index (χ1n) is 8.07. The van der Waals surface area contributed by atoms with Gasteiger partial charge in [0.2, 0.25) is 0 Å². The van der Waals surface area contributed by atoms with Gasteiger partial charge in [-0.05, 0) is 46.1 Å². The number of hydrogen-bond donors (Lipinski definition) is 1. The van der Waals surface area contributed by atoms with Gasteiger partial charge in [0, 0.05) is 37.9 Å². The maximum atomic E-state index is 5.16. The Bertz CT molecular complexity index is 272. The molecule has 0 unspecified atom stereocenters. The number of piperazine rings is 1. The number of nitrogens with one attached hydrogen (secondary N) is 1. The van der Waals surface area contributed by atoms with E-state index in [1.807, 2.05) is 0 Å². The molecular weight excluding hydrogens is 236 g/mol. The molecule has 0 atom stereocenters. The number of ether oxygens (including phenoxy) is 1. The van der Waals surface area contributed by atoms with Gasteiger partial charge in [-0.2, -0.15) is 0 Å². The van der Waals surface area contributed by atoms with Crippen LogP contribution in [0.1, 0.15) is 58.8 Å². The van der Waals surface area contributed by atoms with Gasteiger partial charge in [0.15, 0.2) is 0 Å². The molecule has 0 bridgehead atoms. The summed E-state index contributed by atoms with van der Waals surface area (Å²) in [6.07, 6.45) is 9.43. The molecule has 2 fully saturated rings. The van der Waals surface area contributed by atoms with E-state index in [-0.39, 0.29) is 0 Å². The zero-order chi connectivity index (χ0) is 13.8. The molecule has 1 saturated heterocycles. The first kappa shape index (κ1) is 15.3. The second kappa shape index (κ2) is 6.55. The van der Waals surface area contributed by atoms with E-state index < -0.39 is 0 Å². The Labute approximate surface area is 119 Å². The molecule has 1 heterocycles. The Kier molecular flexibility index (Phi) is 5.27. The molecule has 1 saturated carbocycles. The van der Waals surface area contributed by atoms with Gasteiger partial charge in [-0.1, -0.05) is 19.3 Å². The molecule has 3 heteroatoms. The lowest BCUT2D eigenvalue weighted by Gasteiger charge is -2.53. The third-order valence-corrected chi connectivity index (χ3v) is 5.08. The number of nitrogens with zero attached hydrogens (tertiary/aromatic N) is 1. The maximum Gasteiger partial charge on any atom is 0.0462 e. The zero-order valence-electron chi connectivity index (χ0n) is 13.1. The van der Waals surface area contributed by atoms with Gasteiger partial charge >= 0.3 is 0 Å². The highest BCUT2D eigenvalue weighted by Crippen LogP contribution is 2.34. The lowest BCUT2D eigenvalue weighted by atomic mass is 9.77. The fraction of sp³-hybridized carbons (Fsp3) is 1.00. The van der Waals surface area contributed by atoms with Gasteiger partial charge in [0.1, 0.15) is 0 Å². The summed E-state index contributed by atoms with van der Waals surface area (Å²) in [5, 5.41) is 3.89. The topological polar surface area (TPSA) is 24.5 Å². The molecule has 1 N–H and O–H groups in total. The summed E-state index contributed by atoms with van der Waals surface area (Å²) in [6, 6.07) is 0. The molecule has 0 radical (unpaired) electrons. The first-order valence-corrected chi connectivity index (χ1v) is 8.07. The molecule has 0 aromatic carbocycles. The van der Waals surface area contributed by atoms with Crippen LogP contribution in [0.4, 0.5) is 0 Å². The van der Waals surface area contributed by atoms with E-state index in [0.717, 1.165) is 13.2 Å². The summed E-state index contributed by atoms with van der Waals surface area (Å²) in [5.41, 5.74) is 0.727. The first-order chi connectivity index (χ1) is 9.08. The summed E-state index contributed by atoms with van der Waals surface area (Å²) < 4.78 is 5.16. The maximum absolute atomic E-state index is 5.16. The van der Waals surface area contributed by atoms with Crippen LogP contribution in [0.2, 0.25) is 0 Å². The smallest absolute Gasteiger partial charge is 0.0462 e. The second-order valence-electron chi connectivity index (χ2n) is 7.13. The Morgan fingerprint density at radius 1 is 1.11 bits per heavy atom. The van der Waals surface area contributed by atoms with Crippen LogP contribution in [-0.2, 0) is 4.74 Å². The Morgan fingerprint density at radius 2 is 1.84 bits per heavy atom. The van der Waals surface area contributed by atoms with Crippen molar-refractivity contribution in [2.75, 3.05) is 33.4 Å². The number of unbranched alkanes of at least 4 members (excludes halogenated alkanes) is 1. The van der Waals surface area contributed by atoms with Gasteiger partial charge in [-0.25, -0.2) is 0 Å². The van der Waals surface area contributed by atoms with Crippen molar-refractivity contribution in [2.45, 2.75) is 69.9 Å². The molecule has 19 heavy (non-hydrogen) atoms. The third-order valence-electron chi connectivity index (χ3n) is 5.08. The highest BCUT2D eigenvalue weighted by Gasteiger charge is 2.42. The van der Waals surface area contributed by atoms with Gasteiger partial charge in [-0.3, -0.25) is 4.90 Å². The van der Waals surface area contributed by atoms with E-state index in [0.29, 0.717) is 11.1 Å². The quantitative estimate of drug-likeness (QED) is 0.776. The summed E-state index contributed by atoms with van der Waals surface area (Å²) in [4.78, 5) is 2.73. The lowest BCUT2D eigenvalue weighted by molar-refractivity contribution is 0.00880. The minimum atomic E-state index is 0.301. The van der Waals surface area contributed by atoms with Crippen molar-refractivity contribution in [3.63, 3.8) is 0 Å². The van der Waals surface area contributed by atoms with Gasteiger partial charge < -0.3 is 10.1 Å². The molecule has 0 aromatic rings. The Balaban J connectivity index is 1.89. The van der Waals surface area contributed by atoms with Crippen LogP contribution in [0.5, 0.6) is 0 Å². The van der Waals surface area contributed by atoms with Crippen LogP contribution in [0.25, 0.3) is 0 Å². The summed E-state index contributed by atoms with van der Waals surface area (Å²) >= 11 is 0. The van der Waals surface area contributed by atoms with Crippen LogP contribution >= 0.6 is 0 Å². The van der Waals surface area contributed by atoms with Crippen LogP contribution in [0.15, 0.2) is 0 Å². The highest BCUT2D eigenvalue weighted by molar-refractivity contribution is 5.02. The van der Waals surface area contributed by atoms with Crippen molar-refractivity contribution in [2.24, 2.45) is 0 Å². The van der Waals surface area contributed by atoms with Crippen LogP contribution in [-0.4, -0.2) is 49.3 Å². The molecule has 0 amide bonds. The fourth-order valence-corrected chi connectivity index (χ4v) is 3.65. The monoisotopic (exact) mass is 268 g/mol. The van der Waals surface area contributed by atoms with Crippen molar-refractivity contribution >= 4 is 0 Å². The van der Waals surface area contributed by atoms with E-state index in [1.165, 1.54) is 58.0 Å². The molecular formula is C16H32N2O. The van der Waals surface area contributed by atoms with Gasteiger partial charge in [0.05, 0.1) is 0 Å². The van der Waals surface area contributed by atoms with Gasteiger partial charge in [-0.15, -0.1) is 0 Å². The number of hydrogen-bond acceptors (Lipinski definition) is 3. The largest absolute Gasteiger partial charge is 0.385 e. The van der Waals surface area contributed by atoms with Crippen molar-refractivity contribution in [3.05, 3.63) is 0 Å². The molecule has 0 aromatic heterocycles. The van der Waals surface area contributed by atoms with Crippen molar-refractivity contribution < 1.29 is 4.74 Å². The van der Waals surface area contributed by atoms with Crippen LogP contribution in [0, 0.1) is 0 Å². The normalized spacial score (nSPS) is 26.7. The molecule has 1 spiro atoms. The van der Waals surface area contributed by atoms with E-state index in [4.69, 9.17) is 4.74 Å². The highest BCUT2D eigenvalue weighted by atomic mass is 16.5. The van der Waals surface area contributed by atoms with Crippen molar-refractivity contribution in [1.82, 2.24) is 10.2 Å². The molecule has 2 rings (SSSR count). The minimum Gasteiger partial charge on any atom is -0.385 e. The van der Waals surface area contributed by atoms with E-state index >= 15 is 0 Å². The molecule has 1 aliphatic heterocycles. The zero-order valence-corrected chi connectivity index (χ0v) is 13.1. The number of methoxy groups -OCH3 is 1. The summed E-state index contributed by atoms with van der Waals surface area (Å²) in [6.45, 7) is 9.26. The SMILES string of the molecule is COCCCCN1CC2(CCCCC2)NCC1(C)C. The van der Waals surface area contributed by atoms with Crippen LogP contribution in [0.3, 0.4) is 0 Å². The minimum absolute atomic E-state index is 0.301. The van der Waals surface area contributed by atoms with Crippen molar-refractivity contribution in [1.29, 1.82) is 0 Å².